The maximum absolute atomic E-state index is 13.5. The van der Waals surface area contributed by atoms with E-state index in [4.69, 9.17) is 4.98 Å². The molecule has 4 heterocycles. The van der Waals surface area contributed by atoms with Gasteiger partial charge in [-0.2, -0.15) is 0 Å². The van der Waals surface area contributed by atoms with Gasteiger partial charge in [-0.05, 0) is 56.9 Å². The summed E-state index contributed by atoms with van der Waals surface area (Å²) in [6.07, 6.45) is 5.66. The molecular weight excluding hydrogens is 374 g/mol. The average Bonchev–Trinajstić information content (AvgIpc) is 2.77. The van der Waals surface area contributed by atoms with Crippen molar-refractivity contribution in [2.45, 2.75) is 39.2 Å². The van der Waals surface area contributed by atoms with Crippen LogP contribution in [0.4, 0.5) is 5.82 Å². The average molecular weight is 402 g/mol. The Bertz CT molecular complexity index is 1070. The SMILES string of the molecule is Cc1cccc(CN2CCCC3(CCN(c4cnc5ccccc5n4)CC3)C2=O)n1. The molecule has 0 unspecified atom stereocenters. The van der Waals surface area contributed by atoms with Crippen LogP contribution in [0, 0.1) is 12.3 Å². The van der Waals surface area contributed by atoms with Crippen LogP contribution in [0.2, 0.25) is 0 Å². The Morgan fingerprint density at radius 2 is 1.73 bits per heavy atom. The Labute approximate surface area is 177 Å². The number of amides is 1. The van der Waals surface area contributed by atoms with Crippen LogP contribution in [-0.4, -0.2) is 45.4 Å². The number of likely N-dealkylation sites (tertiary alicyclic amines) is 1. The van der Waals surface area contributed by atoms with Gasteiger partial charge in [0, 0.05) is 25.3 Å². The third kappa shape index (κ3) is 3.51. The highest BCUT2D eigenvalue weighted by atomic mass is 16.2. The Hall–Kier alpha value is -3.02. The number of carbonyl (C=O) groups excluding carboxylic acids is 1. The number of aromatic nitrogens is 3. The molecular formula is C24H27N5O. The summed E-state index contributed by atoms with van der Waals surface area (Å²) in [5.74, 6) is 1.22. The highest BCUT2D eigenvalue weighted by Crippen LogP contribution is 2.42. The van der Waals surface area contributed by atoms with Crippen molar-refractivity contribution < 1.29 is 4.79 Å². The van der Waals surface area contributed by atoms with Gasteiger partial charge in [-0.1, -0.05) is 18.2 Å². The van der Waals surface area contributed by atoms with E-state index in [-0.39, 0.29) is 5.41 Å². The lowest BCUT2D eigenvalue weighted by atomic mass is 9.71. The van der Waals surface area contributed by atoms with Crippen LogP contribution in [0.3, 0.4) is 0 Å². The largest absolute Gasteiger partial charge is 0.355 e. The maximum Gasteiger partial charge on any atom is 0.229 e. The number of fused-ring (bicyclic) bond motifs is 1. The van der Waals surface area contributed by atoms with Crippen molar-refractivity contribution in [1.82, 2.24) is 19.9 Å². The quantitative estimate of drug-likeness (QED) is 0.669. The summed E-state index contributed by atoms with van der Waals surface area (Å²) in [5, 5.41) is 0. The number of hydrogen-bond acceptors (Lipinski definition) is 5. The summed E-state index contributed by atoms with van der Waals surface area (Å²) in [6.45, 7) is 5.12. The number of piperidine rings is 2. The number of anilines is 1. The van der Waals surface area contributed by atoms with Gasteiger partial charge in [-0.15, -0.1) is 0 Å². The van der Waals surface area contributed by atoms with Crippen molar-refractivity contribution in [2.75, 3.05) is 24.5 Å². The van der Waals surface area contributed by atoms with Crippen molar-refractivity contribution in [3.63, 3.8) is 0 Å². The van der Waals surface area contributed by atoms with Gasteiger partial charge in [0.15, 0.2) is 0 Å². The van der Waals surface area contributed by atoms with E-state index < -0.39 is 0 Å². The number of para-hydroxylation sites is 2. The van der Waals surface area contributed by atoms with Crippen LogP contribution in [0.15, 0.2) is 48.7 Å². The Morgan fingerprint density at radius 3 is 2.53 bits per heavy atom. The van der Waals surface area contributed by atoms with Crippen LogP contribution in [0.5, 0.6) is 0 Å². The molecule has 1 aromatic carbocycles. The van der Waals surface area contributed by atoms with Crippen LogP contribution < -0.4 is 4.90 Å². The lowest BCUT2D eigenvalue weighted by molar-refractivity contribution is -0.148. The molecule has 3 aromatic rings. The number of carbonyl (C=O) groups is 1. The minimum atomic E-state index is -0.233. The second-order valence-corrected chi connectivity index (χ2v) is 8.58. The predicted molar refractivity (Wildman–Crippen MR) is 117 cm³/mol. The molecule has 6 heteroatoms. The Morgan fingerprint density at radius 1 is 0.933 bits per heavy atom. The third-order valence-electron chi connectivity index (χ3n) is 6.60. The smallest absolute Gasteiger partial charge is 0.229 e. The number of nitrogens with zero attached hydrogens (tertiary/aromatic N) is 5. The van der Waals surface area contributed by atoms with E-state index in [1.165, 1.54) is 0 Å². The first-order valence-corrected chi connectivity index (χ1v) is 10.8. The topological polar surface area (TPSA) is 62.2 Å². The van der Waals surface area contributed by atoms with Crippen molar-refractivity contribution in [1.29, 1.82) is 0 Å². The highest BCUT2D eigenvalue weighted by molar-refractivity contribution is 5.84. The predicted octanol–water partition coefficient (Wildman–Crippen LogP) is 3.74. The van der Waals surface area contributed by atoms with Gasteiger partial charge in [-0.25, -0.2) is 4.98 Å². The summed E-state index contributed by atoms with van der Waals surface area (Å²) in [4.78, 5) is 31.7. The Balaban J connectivity index is 1.29. The molecule has 2 saturated heterocycles. The number of benzene rings is 1. The molecule has 0 aliphatic carbocycles. The molecule has 0 bridgehead atoms. The van der Waals surface area contributed by atoms with E-state index in [0.717, 1.165) is 73.6 Å². The molecule has 2 aromatic heterocycles. The molecule has 6 nitrogen and oxygen atoms in total. The van der Waals surface area contributed by atoms with E-state index >= 15 is 0 Å². The van der Waals surface area contributed by atoms with Gasteiger partial charge in [0.25, 0.3) is 0 Å². The Kier molecular flexibility index (Phi) is 4.85. The molecule has 1 spiro atoms. The van der Waals surface area contributed by atoms with Gasteiger partial charge in [0.05, 0.1) is 34.9 Å². The van der Waals surface area contributed by atoms with Crippen LogP contribution in [-0.2, 0) is 11.3 Å². The van der Waals surface area contributed by atoms with Gasteiger partial charge in [0.1, 0.15) is 5.82 Å². The van der Waals surface area contributed by atoms with E-state index in [0.29, 0.717) is 12.5 Å². The molecule has 0 atom stereocenters. The summed E-state index contributed by atoms with van der Waals surface area (Å²) in [7, 11) is 0. The third-order valence-corrected chi connectivity index (χ3v) is 6.60. The zero-order valence-corrected chi connectivity index (χ0v) is 17.4. The standard InChI is InChI=1S/C24H27N5O/c1-18-6-4-7-19(26-18)17-29-13-5-10-24(23(29)30)11-14-28(15-12-24)22-16-25-20-8-2-3-9-21(20)27-22/h2-4,6-9,16H,5,10-15,17H2,1H3. The summed E-state index contributed by atoms with van der Waals surface area (Å²) < 4.78 is 0. The van der Waals surface area contributed by atoms with Gasteiger partial charge in [-0.3, -0.25) is 14.8 Å². The van der Waals surface area contributed by atoms with E-state index in [9.17, 15) is 4.79 Å². The second kappa shape index (κ2) is 7.67. The normalized spacial score (nSPS) is 18.9. The fourth-order valence-electron chi connectivity index (χ4n) is 4.91. The molecule has 30 heavy (non-hydrogen) atoms. The fourth-order valence-corrected chi connectivity index (χ4v) is 4.91. The lowest BCUT2D eigenvalue weighted by Crippen LogP contribution is -2.53. The number of aryl methyl sites for hydroxylation is 1. The van der Waals surface area contributed by atoms with Crippen LogP contribution >= 0.6 is 0 Å². The molecule has 0 N–H and O–H groups in total. The van der Waals surface area contributed by atoms with Crippen LogP contribution in [0.25, 0.3) is 11.0 Å². The van der Waals surface area contributed by atoms with Crippen LogP contribution in [0.1, 0.15) is 37.1 Å². The maximum atomic E-state index is 13.5. The molecule has 0 saturated carbocycles. The number of hydrogen-bond donors (Lipinski definition) is 0. The molecule has 5 rings (SSSR count). The van der Waals surface area contributed by atoms with E-state index in [2.05, 4.69) is 14.9 Å². The zero-order chi connectivity index (χ0) is 20.6. The van der Waals surface area contributed by atoms with Gasteiger partial charge in [0.2, 0.25) is 5.91 Å². The molecule has 2 aliphatic rings. The fraction of sp³-hybridized carbons (Fsp3) is 0.417. The number of pyridine rings is 1. The van der Waals surface area contributed by atoms with Gasteiger partial charge < -0.3 is 9.80 Å². The molecule has 154 valence electrons. The summed E-state index contributed by atoms with van der Waals surface area (Å²) in [5.41, 5.74) is 3.57. The number of rotatable bonds is 3. The molecule has 2 aliphatic heterocycles. The summed E-state index contributed by atoms with van der Waals surface area (Å²) >= 11 is 0. The first-order valence-electron chi connectivity index (χ1n) is 10.8. The lowest BCUT2D eigenvalue weighted by Gasteiger charge is -2.46. The van der Waals surface area contributed by atoms with Crippen molar-refractivity contribution in [3.05, 3.63) is 60.0 Å². The van der Waals surface area contributed by atoms with E-state index in [1.54, 1.807) is 0 Å². The van der Waals surface area contributed by atoms with E-state index in [1.807, 2.05) is 60.5 Å². The van der Waals surface area contributed by atoms with Gasteiger partial charge >= 0.3 is 0 Å². The minimum Gasteiger partial charge on any atom is -0.355 e. The monoisotopic (exact) mass is 401 g/mol. The first-order chi connectivity index (χ1) is 14.6. The highest BCUT2D eigenvalue weighted by Gasteiger charge is 2.45. The van der Waals surface area contributed by atoms with Crippen molar-refractivity contribution in [2.24, 2.45) is 5.41 Å². The zero-order valence-electron chi connectivity index (χ0n) is 17.4. The molecule has 2 fully saturated rings. The molecule has 1 amide bonds. The second-order valence-electron chi connectivity index (χ2n) is 8.58. The van der Waals surface area contributed by atoms with Crippen molar-refractivity contribution >= 4 is 22.8 Å². The first kappa shape index (κ1) is 19.0. The van der Waals surface area contributed by atoms with Crippen molar-refractivity contribution in [3.8, 4) is 0 Å². The summed E-state index contributed by atoms with van der Waals surface area (Å²) in [6, 6.07) is 14.0. The minimum absolute atomic E-state index is 0.233. The molecule has 0 radical (unpaired) electrons.